The molecule has 1 saturated heterocycles. The molecule has 1 N–H and O–H groups in total. The van der Waals surface area contributed by atoms with Crippen molar-refractivity contribution in [3.63, 3.8) is 0 Å². The number of aromatic nitrogens is 2. The molecule has 0 spiro atoms. The van der Waals surface area contributed by atoms with E-state index in [1.807, 2.05) is 15.7 Å². The van der Waals surface area contributed by atoms with Gasteiger partial charge in [-0.3, -0.25) is 4.79 Å². The molecule has 1 aromatic heterocycles. The molecule has 2 heterocycles. The SMILES string of the molecule is O=C(CCn1cc[nH]c1=S)N1CCCCC1. The number of hydrogen-bond donors (Lipinski definition) is 1. The zero-order chi connectivity index (χ0) is 11.4. The average molecular weight is 239 g/mol. The van der Waals surface area contributed by atoms with Crippen molar-refractivity contribution in [3.8, 4) is 0 Å². The van der Waals surface area contributed by atoms with E-state index < -0.39 is 0 Å². The van der Waals surface area contributed by atoms with Gasteiger partial charge in [0.15, 0.2) is 4.77 Å². The van der Waals surface area contributed by atoms with Crippen molar-refractivity contribution in [3.05, 3.63) is 17.2 Å². The molecule has 0 aromatic carbocycles. The van der Waals surface area contributed by atoms with Crippen LogP contribution in [0, 0.1) is 4.77 Å². The fourth-order valence-electron chi connectivity index (χ4n) is 2.04. The lowest BCUT2D eigenvalue weighted by molar-refractivity contribution is -0.132. The molecule has 0 aliphatic carbocycles. The molecule has 1 aliphatic rings. The van der Waals surface area contributed by atoms with Crippen LogP contribution in [0.2, 0.25) is 0 Å². The number of amides is 1. The summed E-state index contributed by atoms with van der Waals surface area (Å²) in [6.07, 6.45) is 7.78. The first-order valence-electron chi connectivity index (χ1n) is 5.79. The normalized spacial score (nSPS) is 16.4. The number of nitrogens with one attached hydrogen (secondary N) is 1. The Morgan fingerprint density at radius 1 is 1.38 bits per heavy atom. The zero-order valence-electron chi connectivity index (χ0n) is 9.32. The molecule has 16 heavy (non-hydrogen) atoms. The monoisotopic (exact) mass is 239 g/mol. The van der Waals surface area contributed by atoms with Gasteiger partial charge in [-0.2, -0.15) is 0 Å². The van der Waals surface area contributed by atoms with Crippen molar-refractivity contribution in [1.82, 2.24) is 14.5 Å². The summed E-state index contributed by atoms with van der Waals surface area (Å²) in [5.41, 5.74) is 0. The number of aromatic amines is 1. The summed E-state index contributed by atoms with van der Waals surface area (Å²) in [7, 11) is 0. The minimum atomic E-state index is 0.253. The topological polar surface area (TPSA) is 41.0 Å². The highest BCUT2D eigenvalue weighted by Crippen LogP contribution is 2.10. The Hall–Kier alpha value is -1.10. The van der Waals surface area contributed by atoms with Crippen LogP contribution in [0.5, 0.6) is 0 Å². The fraction of sp³-hybridized carbons (Fsp3) is 0.636. The van der Waals surface area contributed by atoms with Gasteiger partial charge < -0.3 is 14.5 Å². The highest BCUT2D eigenvalue weighted by atomic mass is 32.1. The number of carbonyl (C=O) groups excluding carboxylic acids is 1. The summed E-state index contributed by atoms with van der Waals surface area (Å²) in [5, 5.41) is 0. The van der Waals surface area contributed by atoms with Crippen LogP contribution in [0.3, 0.4) is 0 Å². The first-order chi connectivity index (χ1) is 7.77. The number of piperidine rings is 1. The maximum Gasteiger partial charge on any atom is 0.224 e. The van der Waals surface area contributed by atoms with Gasteiger partial charge in [0.05, 0.1) is 0 Å². The minimum Gasteiger partial charge on any atom is -0.343 e. The molecule has 1 aromatic rings. The van der Waals surface area contributed by atoms with Gasteiger partial charge in [0.25, 0.3) is 0 Å². The molecule has 0 unspecified atom stereocenters. The van der Waals surface area contributed by atoms with Crippen LogP contribution in [0.4, 0.5) is 0 Å². The number of hydrogen-bond acceptors (Lipinski definition) is 2. The van der Waals surface area contributed by atoms with Crippen LogP contribution in [-0.2, 0) is 11.3 Å². The number of aryl methyl sites for hydroxylation is 1. The van der Waals surface area contributed by atoms with E-state index in [9.17, 15) is 4.79 Å². The molecule has 0 saturated carbocycles. The van der Waals surface area contributed by atoms with E-state index in [1.165, 1.54) is 6.42 Å². The predicted molar refractivity (Wildman–Crippen MR) is 64.7 cm³/mol. The molecule has 5 heteroatoms. The number of rotatable bonds is 3. The van der Waals surface area contributed by atoms with Gasteiger partial charge in [-0.25, -0.2) is 0 Å². The van der Waals surface area contributed by atoms with E-state index in [-0.39, 0.29) is 5.91 Å². The molecule has 0 radical (unpaired) electrons. The molecule has 1 aliphatic heterocycles. The summed E-state index contributed by atoms with van der Waals surface area (Å²) in [6.45, 7) is 2.53. The Balaban J connectivity index is 1.83. The lowest BCUT2D eigenvalue weighted by Gasteiger charge is -2.26. The third-order valence-corrected chi connectivity index (χ3v) is 3.35. The zero-order valence-corrected chi connectivity index (χ0v) is 10.1. The molecule has 2 rings (SSSR count). The summed E-state index contributed by atoms with van der Waals surface area (Å²) in [4.78, 5) is 16.8. The summed E-state index contributed by atoms with van der Waals surface area (Å²) in [5.74, 6) is 0.253. The van der Waals surface area contributed by atoms with E-state index in [2.05, 4.69) is 4.98 Å². The second kappa shape index (κ2) is 5.30. The van der Waals surface area contributed by atoms with Gasteiger partial charge in [0.1, 0.15) is 0 Å². The molecule has 0 atom stereocenters. The van der Waals surface area contributed by atoms with Crippen LogP contribution < -0.4 is 0 Å². The highest BCUT2D eigenvalue weighted by molar-refractivity contribution is 7.71. The fourth-order valence-corrected chi connectivity index (χ4v) is 2.26. The van der Waals surface area contributed by atoms with Crippen LogP contribution >= 0.6 is 12.2 Å². The van der Waals surface area contributed by atoms with E-state index in [0.29, 0.717) is 17.7 Å². The number of likely N-dealkylation sites (tertiary alicyclic amines) is 1. The van der Waals surface area contributed by atoms with Crippen molar-refractivity contribution < 1.29 is 4.79 Å². The summed E-state index contributed by atoms with van der Waals surface area (Å²) < 4.78 is 2.59. The second-order valence-electron chi connectivity index (χ2n) is 4.15. The van der Waals surface area contributed by atoms with Crippen molar-refractivity contribution in [2.75, 3.05) is 13.1 Å². The third-order valence-electron chi connectivity index (χ3n) is 3.00. The molecular formula is C11H17N3OS. The molecule has 1 fully saturated rings. The number of imidazole rings is 1. The first kappa shape index (κ1) is 11.4. The number of nitrogens with zero attached hydrogens (tertiary/aromatic N) is 2. The van der Waals surface area contributed by atoms with Gasteiger partial charge in [0.2, 0.25) is 5.91 Å². The van der Waals surface area contributed by atoms with Crippen molar-refractivity contribution in [2.45, 2.75) is 32.2 Å². The van der Waals surface area contributed by atoms with Crippen molar-refractivity contribution >= 4 is 18.1 Å². The third kappa shape index (κ3) is 2.72. The number of H-pyrrole nitrogens is 1. The standard InChI is InChI=1S/C11H17N3OS/c15-10(13-6-2-1-3-7-13)4-8-14-9-5-12-11(14)16/h5,9H,1-4,6-8H2,(H,12,16). The maximum atomic E-state index is 11.9. The van der Waals surface area contributed by atoms with E-state index in [0.717, 1.165) is 25.9 Å². The van der Waals surface area contributed by atoms with Gasteiger partial charge in [-0.05, 0) is 31.5 Å². The quantitative estimate of drug-likeness (QED) is 0.819. The van der Waals surface area contributed by atoms with Gasteiger partial charge >= 0.3 is 0 Å². The summed E-state index contributed by atoms with van der Waals surface area (Å²) in [6, 6.07) is 0. The average Bonchev–Trinajstić information content (AvgIpc) is 2.73. The summed E-state index contributed by atoms with van der Waals surface area (Å²) >= 11 is 5.08. The van der Waals surface area contributed by atoms with Gasteiger partial charge in [-0.15, -0.1) is 0 Å². The lowest BCUT2D eigenvalue weighted by atomic mass is 10.1. The molecule has 88 valence electrons. The van der Waals surface area contributed by atoms with Crippen LogP contribution in [-0.4, -0.2) is 33.4 Å². The Labute approximate surface area is 100 Å². The lowest BCUT2D eigenvalue weighted by Crippen LogP contribution is -2.35. The van der Waals surface area contributed by atoms with Crippen LogP contribution in [0.15, 0.2) is 12.4 Å². The molecule has 0 bridgehead atoms. The first-order valence-corrected chi connectivity index (χ1v) is 6.20. The van der Waals surface area contributed by atoms with Crippen LogP contribution in [0.25, 0.3) is 0 Å². The molecular weight excluding hydrogens is 222 g/mol. The van der Waals surface area contributed by atoms with Crippen LogP contribution in [0.1, 0.15) is 25.7 Å². The Morgan fingerprint density at radius 3 is 2.75 bits per heavy atom. The van der Waals surface area contributed by atoms with Crippen molar-refractivity contribution in [1.29, 1.82) is 0 Å². The minimum absolute atomic E-state index is 0.253. The smallest absolute Gasteiger partial charge is 0.224 e. The van der Waals surface area contributed by atoms with Gasteiger partial charge in [-0.1, -0.05) is 0 Å². The van der Waals surface area contributed by atoms with E-state index >= 15 is 0 Å². The number of carbonyl (C=O) groups is 1. The Morgan fingerprint density at radius 2 is 2.12 bits per heavy atom. The van der Waals surface area contributed by atoms with Gasteiger partial charge in [0, 0.05) is 38.4 Å². The Bertz CT molecular complexity index is 403. The van der Waals surface area contributed by atoms with E-state index in [4.69, 9.17) is 12.2 Å². The largest absolute Gasteiger partial charge is 0.343 e. The van der Waals surface area contributed by atoms with E-state index in [1.54, 1.807) is 6.20 Å². The predicted octanol–water partition coefficient (Wildman–Crippen LogP) is 1.95. The van der Waals surface area contributed by atoms with Crippen molar-refractivity contribution in [2.24, 2.45) is 0 Å². The molecule has 1 amide bonds. The highest BCUT2D eigenvalue weighted by Gasteiger charge is 2.15. The second-order valence-corrected chi connectivity index (χ2v) is 4.54. The molecule has 4 nitrogen and oxygen atoms in total. The Kier molecular flexibility index (Phi) is 3.77. The maximum absolute atomic E-state index is 11.9.